The van der Waals surface area contributed by atoms with Gasteiger partial charge in [0.05, 0.1) is 11.5 Å². The molecule has 0 saturated heterocycles. The van der Waals surface area contributed by atoms with Crippen molar-refractivity contribution in [2.45, 2.75) is 17.9 Å². The summed E-state index contributed by atoms with van der Waals surface area (Å²) in [5.74, 6) is -0.650. The maximum Gasteiger partial charge on any atom is 0.240 e. The van der Waals surface area contributed by atoms with Crippen LogP contribution in [0.25, 0.3) is 0 Å². The van der Waals surface area contributed by atoms with Crippen molar-refractivity contribution < 1.29 is 17.5 Å². The fraction of sp³-hybridized carbons (Fsp3) is 0.375. The fourth-order valence-electron chi connectivity index (χ4n) is 2.26. The molecule has 0 amide bonds. The molecule has 0 fully saturated rings. The van der Waals surface area contributed by atoms with Crippen LogP contribution in [0.1, 0.15) is 18.5 Å². The molecule has 1 atom stereocenters. The highest BCUT2D eigenvalue weighted by Gasteiger charge is 2.21. The zero-order valence-corrected chi connectivity index (χ0v) is 15.5. The Morgan fingerprint density at radius 2 is 2.08 bits per heavy atom. The van der Waals surface area contributed by atoms with Gasteiger partial charge in [0.1, 0.15) is 0 Å². The van der Waals surface area contributed by atoms with E-state index >= 15 is 0 Å². The Labute approximate surface area is 146 Å². The monoisotopic (exact) mass is 372 g/mol. The summed E-state index contributed by atoms with van der Waals surface area (Å²) in [6.45, 7) is 2.24. The van der Waals surface area contributed by atoms with Crippen LogP contribution < -0.4 is 9.46 Å². The Morgan fingerprint density at radius 3 is 2.62 bits per heavy atom. The molecule has 1 N–H and O–H groups in total. The first-order valence-electron chi connectivity index (χ1n) is 7.45. The summed E-state index contributed by atoms with van der Waals surface area (Å²) in [5, 5.41) is 3.93. The zero-order valence-electron chi connectivity index (χ0n) is 13.8. The van der Waals surface area contributed by atoms with E-state index in [4.69, 9.17) is 4.74 Å². The molecular weight excluding hydrogens is 351 g/mol. The molecule has 5 nitrogen and oxygen atoms in total. The van der Waals surface area contributed by atoms with E-state index in [2.05, 4.69) is 4.72 Å². The lowest BCUT2D eigenvalue weighted by Gasteiger charge is -2.24. The molecule has 8 heteroatoms. The topological polar surface area (TPSA) is 58.6 Å². The van der Waals surface area contributed by atoms with Gasteiger partial charge in [-0.05, 0) is 61.6 Å². The average molecular weight is 372 g/mol. The summed E-state index contributed by atoms with van der Waals surface area (Å²) < 4.78 is 46.4. The molecule has 0 bridgehead atoms. The number of likely N-dealkylation sites (N-methyl/N-ethyl adjacent to an activating group) is 1. The number of thiophene rings is 1. The van der Waals surface area contributed by atoms with E-state index in [0.29, 0.717) is 6.61 Å². The molecule has 24 heavy (non-hydrogen) atoms. The Hall–Kier alpha value is -1.48. The highest BCUT2D eigenvalue weighted by Crippen LogP contribution is 2.23. The number of benzene rings is 1. The third-order valence-corrected chi connectivity index (χ3v) is 5.65. The third-order valence-electron chi connectivity index (χ3n) is 3.53. The van der Waals surface area contributed by atoms with E-state index in [-0.39, 0.29) is 23.2 Å². The normalized spacial score (nSPS) is 13.2. The summed E-state index contributed by atoms with van der Waals surface area (Å²) >= 11 is 1.56. The Morgan fingerprint density at radius 1 is 1.33 bits per heavy atom. The SMILES string of the molecule is CCOc1ccc(S(=O)(=O)NC[C@H](c2ccsc2)N(C)C)cc1F. The van der Waals surface area contributed by atoms with Crippen molar-refractivity contribution >= 4 is 21.4 Å². The maximum absolute atomic E-state index is 13.9. The molecule has 0 spiro atoms. The van der Waals surface area contributed by atoms with Crippen molar-refractivity contribution in [2.75, 3.05) is 27.2 Å². The predicted molar refractivity (Wildman–Crippen MR) is 93.5 cm³/mol. The second-order valence-electron chi connectivity index (χ2n) is 5.41. The lowest BCUT2D eigenvalue weighted by Crippen LogP contribution is -2.34. The maximum atomic E-state index is 13.9. The summed E-state index contributed by atoms with van der Waals surface area (Å²) in [7, 11) is -0.0387. The molecule has 0 aliphatic rings. The molecule has 2 rings (SSSR count). The molecular formula is C16H21FN2O3S2. The number of hydrogen-bond donors (Lipinski definition) is 1. The number of rotatable bonds is 8. The number of halogens is 1. The molecule has 2 aromatic rings. The first-order chi connectivity index (χ1) is 11.3. The minimum atomic E-state index is -3.80. The van der Waals surface area contributed by atoms with Crippen molar-refractivity contribution in [3.8, 4) is 5.75 Å². The van der Waals surface area contributed by atoms with Crippen LogP contribution in [0.15, 0.2) is 39.9 Å². The fourth-order valence-corrected chi connectivity index (χ4v) is 4.01. The molecule has 0 aliphatic heterocycles. The number of ether oxygens (including phenoxy) is 1. The van der Waals surface area contributed by atoms with Gasteiger partial charge >= 0.3 is 0 Å². The lowest BCUT2D eigenvalue weighted by molar-refractivity contribution is 0.300. The average Bonchev–Trinajstić information content (AvgIpc) is 3.03. The van der Waals surface area contributed by atoms with Crippen LogP contribution in [-0.2, 0) is 10.0 Å². The Balaban J connectivity index is 2.14. The number of nitrogens with zero attached hydrogens (tertiary/aromatic N) is 1. The third kappa shape index (κ3) is 4.54. The zero-order chi connectivity index (χ0) is 17.7. The van der Waals surface area contributed by atoms with Crippen LogP contribution in [0.2, 0.25) is 0 Å². The molecule has 132 valence electrons. The van der Waals surface area contributed by atoms with E-state index < -0.39 is 15.8 Å². The molecule has 0 radical (unpaired) electrons. The highest BCUT2D eigenvalue weighted by molar-refractivity contribution is 7.89. The molecule has 0 aliphatic carbocycles. The van der Waals surface area contributed by atoms with E-state index in [1.54, 1.807) is 18.3 Å². The van der Waals surface area contributed by atoms with Crippen LogP contribution in [0.3, 0.4) is 0 Å². The summed E-state index contributed by atoms with van der Waals surface area (Å²) in [4.78, 5) is 1.81. The largest absolute Gasteiger partial charge is 0.491 e. The van der Waals surface area contributed by atoms with Gasteiger partial charge in [0, 0.05) is 12.6 Å². The van der Waals surface area contributed by atoms with E-state index in [1.807, 2.05) is 35.8 Å². The van der Waals surface area contributed by atoms with Crippen molar-refractivity contribution in [3.05, 3.63) is 46.4 Å². The van der Waals surface area contributed by atoms with Gasteiger partial charge in [0.25, 0.3) is 0 Å². The van der Waals surface area contributed by atoms with Gasteiger partial charge in [0.2, 0.25) is 10.0 Å². The van der Waals surface area contributed by atoms with E-state index in [9.17, 15) is 12.8 Å². The van der Waals surface area contributed by atoms with Gasteiger partial charge in [-0.25, -0.2) is 17.5 Å². The summed E-state index contributed by atoms with van der Waals surface area (Å²) in [5.41, 5.74) is 1.03. The minimum absolute atomic E-state index is 0.0425. The van der Waals surface area contributed by atoms with Crippen molar-refractivity contribution in [2.24, 2.45) is 0 Å². The van der Waals surface area contributed by atoms with Gasteiger partial charge in [-0.2, -0.15) is 11.3 Å². The molecule has 0 saturated carbocycles. The predicted octanol–water partition coefficient (Wildman–Crippen LogP) is 2.87. The van der Waals surface area contributed by atoms with Crippen LogP contribution in [0.4, 0.5) is 4.39 Å². The standard InChI is InChI=1S/C16H21FN2O3S2/c1-4-22-16-6-5-13(9-14(16)17)24(20,21)18-10-15(19(2)3)12-7-8-23-11-12/h5-9,11,15,18H,4,10H2,1-3H3/t15-/m1/s1. The van der Waals surface area contributed by atoms with Crippen LogP contribution in [-0.4, -0.2) is 40.6 Å². The second-order valence-corrected chi connectivity index (χ2v) is 7.96. The van der Waals surface area contributed by atoms with Gasteiger partial charge < -0.3 is 9.64 Å². The second kappa shape index (κ2) is 8.06. The lowest BCUT2D eigenvalue weighted by atomic mass is 10.1. The Bertz CT molecular complexity index is 762. The van der Waals surface area contributed by atoms with Crippen molar-refractivity contribution in [1.82, 2.24) is 9.62 Å². The number of sulfonamides is 1. The highest BCUT2D eigenvalue weighted by atomic mass is 32.2. The van der Waals surface area contributed by atoms with Gasteiger partial charge in [0.15, 0.2) is 11.6 Å². The van der Waals surface area contributed by atoms with E-state index in [1.165, 1.54) is 12.1 Å². The van der Waals surface area contributed by atoms with Crippen molar-refractivity contribution in [3.63, 3.8) is 0 Å². The minimum Gasteiger partial charge on any atom is -0.491 e. The quantitative estimate of drug-likeness (QED) is 0.774. The molecule has 1 aromatic heterocycles. The van der Waals surface area contributed by atoms with Crippen LogP contribution >= 0.6 is 11.3 Å². The van der Waals surface area contributed by atoms with Gasteiger partial charge in [-0.1, -0.05) is 0 Å². The Kier molecular flexibility index (Phi) is 6.34. The van der Waals surface area contributed by atoms with Crippen LogP contribution in [0, 0.1) is 5.82 Å². The first kappa shape index (κ1) is 18.9. The molecule has 1 aromatic carbocycles. The van der Waals surface area contributed by atoms with Crippen molar-refractivity contribution in [1.29, 1.82) is 0 Å². The van der Waals surface area contributed by atoms with E-state index in [0.717, 1.165) is 11.6 Å². The summed E-state index contributed by atoms with van der Waals surface area (Å²) in [6, 6.07) is 5.50. The smallest absolute Gasteiger partial charge is 0.240 e. The van der Waals surface area contributed by atoms with Crippen LogP contribution in [0.5, 0.6) is 5.75 Å². The summed E-state index contributed by atoms with van der Waals surface area (Å²) in [6.07, 6.45) is 0. The van der Waals surface area contributed by atoms with Gasteiger partial charge in [-0.3, -0.25) is 0 Å². The van der Waals surface area contributed by atoms with Gasteiger partial charge in [-0.15, -0.1) is 0 Å². The molecule has 0 unspecified atom stereocenters. The molecule has 1 heterocycles. The number of nitrogens with one attached hydrogen (secondary N) is 1. The first-order valence-corrected chi connectivity index (χ1v) is 9.88. The number of hydrogen-bond acceptors (Lipinski definition) is 5.